The molecule has 0 aromatic heterocycles. The van der Waals surface area contributed by atoms with Gasteiger partial charge in [0, 0.05) is 25.4 Å². The number of rotatable bonds is 9. The third kappa shape index (κ3) is 6.01. The normalized spacial score (nSPS) is 13.0. The van der Waals surface area contributed by atoms with Gasteiger partial charge in [-0.3, -0.25) is 9.59 Å². The molecule has 1 heterocycles. The van der Waals surface area contributed by atoms with Gasteiger partial charge in [-0.25, -0.2) is 0 Å². The second-order valence-electron chi connectivity index (χ2n) is 6.96. The lowest BCUT2D eigenvalue weighted by Gasteiger charge is -2.14. The molecule has 2 aromatic carbocycles. The molecule has 0 saturated heterocycles. The molecule has 28 heavy (non-hydrogen) atoms. The van der Waals surface area contributed by atoms with E-state index in [4.69, 9.17) is 9.47 Å². The molecule has 2 amide bonds. The smallest absolute Gasteiger partial charge is 0.231 e. The summed E-state index contributed by atoms with van der Waals surface area (Å²) < 4.78 is 10.6. The van der Waals surface area contributed by atoms with Crippen LogP contribution < -0.4 is 20.1 Å². The lowest BCUT2D eigenvalue weighted by Crippen LogP contribution is -2.34. The molecule has 6 nitrogen and oxygen atoms in total. The van der Waals surface area contributed by atoms with Crippen molar-refractivity contribution in [2.75, 3.05) is 6.79 Å². The molecular formula is C22H26N2O4. The average Bonchev–Trinajstić information content (AvgIpc) is 3.18. The van der Waals surface area contributed by atoms with Crippen molar-refractivity contribution >= 4 is 11.8 Å². The zero-order chi connectivity index (χ0) is 19.8. The molecule has 0 radical (unpaired) electrons. The average molecular weight is 382 g/mol. The van der Waals surface area contributed by atoms with Crippen LogP contribution in [-0.4, -0.2) is 24.6 Å². The fourth-order valence-electron chi connectivity index (χ4n) is 3.01. The number of amides is 2. The van der Waals surface area contributed by atoms with Crippen LogP contribution in [0.4, 0.5) is 0 Å². The Balaban J connectivity index is 1.32. The minimum Gasteiger partial charge on any atom is -0.454 e. The van der Waals surface area contributed by atoms with Crippen molar-refractivity contribution in [2.24, 2.45) is 0 Å². The molecule has 0 fully saturated rings. The van der Waals surface area contributed by atoms with Gasteiger partial charge < -0.3 is 20.1 Å². The van der Waals surface area contributed by atoms with E-state index < -0.39 is 0 Å². The Bertz CT molecular complexity index is 807. The number of aryl methyl sites for hydroxylation is 1. The van der Waals surface area contributed by atoms with Crippen LogP contribution in [0.2, 0.25) is 0 Å². The first-order chi connectivity index (χ1) is 13.6. The van der Waals surface area contributed by atoms with Crippen molar-refractivity contribution in [2.45, 2.75) is 45.2 Å². The van der Waals surface area contributed by atoms with Gasteiger partial charge in [0.15, 0.2) is 11.5 Å². The van der Waals surface area contributed by atoms with E-state index in [-0.39, 0.29) is 37.5 Å². The Morgan fingerprint density at radius 1 is 0.964 bits per heavy atom. The summed E-state index contributed by atoms with van der Waals surface area (Å²) in [7, 11) is 0. The molecule has 0 saturated carbocycles. The summed E-state index contributed by atoms with van der Waals surface area (Å²) in [6, 6.07) is 15.8. The Hall–Kier alpha value is -3.02. The monoisotopic (exact) mass is 382 g/mol. The molecule has 2 aromatic rings. The van der Waals surface area contributed by atoms with E-state index in [0.717, 1.165) is 18.4 Å². The van der Waals surface area contributed by atoms with Gasteiger partial charge in [0.05, 0.1) is 0 Å². The lowest BCUT2D eigenvalue weighted by atomic mass is 10.1. The third-order valence-corrected chi connectivity index (χ3v) is 4.62. The van der Waals surface area contributed by atoms with Crippen molar-refractivity contribution in [1.29, 1.82) is 0 Å². The predicted octanol–water partition coefficient (Wildman–Crippen LogP) is 2.95. The first-order valence-electron chi connectivity index (χ1n) is 9.58. The first-order valence-corrected chi connectivity index (χ1v) is 9.58. The molecule has 6 heteroatoms. The summed E-state index contributed by atoms with van der Waals surface area (Å²) >= 11 is 0. The van der Waals surface area contributed by atoms with Gasteiger partial charge in [-0.2, -0.15) is 0 Å². The number of hydrogen-bond acceptors (Lipinski definition) is 4. The minimum absolute atomic E-state index is 0.0735. The zero-order valence-electron chi connectivity index (χ0n) is 16.1. The van der Waals surface area contributed by atoms with E-state index in [1.807, 2.05) is 43.3 Å². The Labute approximate surface area is 165 Å². The number of ether oxygens (including phenoxy) is 2. The lowest BCUT2D eigenvalue weighted by molar-refractivity contribution is -0.126. The van der Waals surface area contributed by atoms with Gasteiger partial charge in [0.2, 0.25) is 18.6 Å². The zero-order valence-corrected chi connectivity index (χ0v) is 16.1. The number of fused-ring (bicyclic) bond motifs is 1. The van der Waals surface area contributed by atoms with Crippen molar-refractivity contribution in [3.63, 3.8) is 0 Å². The van der Waals surface area contributed by atoms with E-state index in [0.29, 0.717) is 18.0 Å². The van der Waals surface area contributed by atoms with Crippen LogP contribution in [0.1, 0.15) is 37.3 Å². The Morgan fingerprint density at radius 3 is 2.54 bits per heavy atom. The molecule has 0 bridgehead atoms. The number of nitrogens with one attached hydrogen (secondary N) is 2. The SMILES string of the molecule is C[C@@H](CCc1ccccc1)NC(=O)CCC(=O)NCc1ccc2c(c1)OCO2. The van der Waals surface area contributed by atoms with Gasteiger partial charge in [-0.1, -0.05) is 36.4 Å². The molecule has 3 rings (SSSR count). The molecule has 2 N–H and O–H groups in total. The molecule has 0 unspecified atom stereocenters. The molecule has 1 aliphatic rings. The fraction of sp³-hybridized carbons (Fsp3) is 0.364. The van der Waals surface area contributed by atoms with E-state index in [2.05, 4.69) is 22.8 Å². The van der Waals surface area contributed by atoms with Crippen molar-refractivity contribution in [1.82, 2.24) is 10.6 Å². The number of carbonyl (C=O) groups is 2. The molecule has 148 valence electrons. The van der Waals surface area contributed by atoms with E-state index in [9.17, 15) is 9.59 Å². The highest BCUT2D eigenvalue weighted by Gasteiger charge is 2.14. The summed E-state index contributed by atoms with van der Waals surface area (Å²) in [4.78, 5) is 24.1. The summed E-state index contributed by atoms with van der Waals surface area (Å²) in [6.45, 7) is 2.61. The van der Waals surface area contributed by atoms with Gasteiger partial charge in [0.1, 0.15) is 0 Å². The van der Waals surface area contributed by atoms with Crippen LogP contribution in [0.25, 0.3) is 0 Å². The molecule has 0 aliphatic carbocycles. The molecular weight excluding hydrogens is 356 g/mol. The van der Waals surface area contributed by atoms with E-state index in [1.165, 1.54) is 5.56 Å². The van der Waals surface area contributed by atoms with Crippen molar-refractivity contribution in [3.05, 3.63) is 59.7 Å². The van der Waals surface area contributed by atoms with Crippen LogP contribution >= 0.6 is 0 Å². The second kappa shape index (κ2) is 9.78. The summed E-state index contributed by atoms with van der Waals surface area (Å²) in [5, 5.41) is 5.79. The molecule has 1 aliphatic heterocycles. The van der Waals surface area contributed by atoms with Crippen LogP contribution in [0.5, 0.6) is 11.5 Å². The maximum Gasteiger partial charge on any atom is 0.231 e. The van der Waals surface area contributed by atoms with Crippen LogP contribution in [-0.2, 0) is 22.6 Å². The largest absolute Gasteiger partial charge is 0.454 e. The highest BCUT2D eigenvalue weighted by molar-refractivity contribution is 5.83. The maximum atomic E-state index is 12.0. The molecule has 0 spiro atoms. The van der Waals surface area contributed by atoms with Crippen LogP contribution in [0.15, 0.2) is 48.5 Å². The predicted molar refractivity (Wildman–Crippen MR) is 106 cm³/mol. The summed E-state index contributed by atoms with van der Waals surface area (Å²) in [5.74, 6) is 1.16. The maximum absolute atomic E-state index is 12.0. The number of carbonyl (C=O) groups excluding carboxylic acids is 2. The van der Waals surface area contributed by atoms with E-state index >= 15 is 0 Å². The minimum atomic E-state index is -0.148. The molecule has 1 atom stereocenters. The summed E-state index contributed by atoms with van der Waals surface area (Å²) in [6.07, 6.45) is 2.13. The second-order valence-corrected chi connectivity index (χ2v) is 6.96. The fourth-order valence-corrected chi connectivity index (χ4v) is 3.01. The highest BCUT2D eigenvalue weighted by Crippen LogP contribution is 2.32. The van der Waals surface area contributed by atoms with Crippen molar-refractivity contribution in [3.8, 4) is 11.5 Å². The summed E-state index contributed by atoms with van der Waals surface area (Å²) in [5.41, 5.74) is 2.18. The van der Waals surface area contributed by atoms with Crippen molar-refractivity contribution < 1.29 is 19.1 Å². The van der Waals surface area contributed by atoms with Crippen LogP contribution in [0, 0.1) is 0 Å². The third-order valence-electron chi connectivity index (χ3n) is 4.62. The Kier molecular flexibility index (Phi) is 6.89. The first kappa shape index (κ1) is 19.7. The standard InChI is InChI=1S/C22H26N2O4/c1-16(7-8-17-5-3-2-4-6-17)24-22(26)12-11-21(25)23-14-18-9-10-19-20(13-18)28-15-27-19/h2-6,9-10,13,16H,7-8,11-12,14-15H2,1H3,(H,23,25)(H,24,26)/t16-/m0/s1. The number of benzene rings is 2. The van der Waals surface area contributed by atoms with Gasteiger partial charge in [-0.05, 0) is 43.0 Å². The Morgan fingerprint density at radius 2 is 1.71 bits per heavy atom. The van der Waals surface area contributed by atoms with Gasteiger partial charge in [0.25, 0.3) is 0 Å². The quantitative estimate of drug-likeness (QED) is 0.699. The van der Waals surface area contributed by atoms with Crippen LogP contribution in [0.3, 0.4) is 0 Å². The van der Waals surface area contributed by atoms with Gasteiger partial charge in [-0.15, -0.1) is 0 Å². The van der Waals surface area contributed by atoms with Gasteiger partial charge >= 0.3 is 0 Å². The van der Waals surface area contributed by atoms with E-state index in [1.54, 1.807) is 0 Å². The topological polar surface area (TPSA) is 76.7 Å². The number of hydrogen-bond donors (Lipinski definition) is 2. The highest BCUT2D eigenvalue weighted by atomic mass is 16.7.